The van der Waals surface area contributed by atoms with E-state index in [1.807, 2.05) is 49.4 Å². The molecule has 0 N–H and O–H groups in total. The van der Waals surface area contributed by atoms with Crippen molar-refractivity contribution in [2.75, 3.05) is 0 Å². The van der Waals surface area contributed by atoms with Crippen molar-refractivity contribution in [1.82, 2.24) is 0 Å². The maximum atomic E-state index is 10.9. The first-order valence-corrected chi connectivity index (χ1v) is 6.97. The topological polar surface area (TPSA) is 26.3 Å². The van der Waals surface area contributed by atoms with Crippen molar-refractivity contribution in [3.63, 3.8) is 0 Å². The maximum Gasteiger partial charge on any atom is 0.150 e. The zero-order chi connectivity index (χ0) is 13.7. The summed E-state index contributed by atoms with van der Waals surface area (Å²) in [4.78, 5) is 10.9. The zero-order valence-electron chi connectivity index (χ0n) is 10.7. The van der Waals surface area contributed by atoms with Gasteiger partial charge in [-0.05, 0) is 47.9 Å². The van der Waals surface area contributed by atoms with Crippen LogP contribution >= 0.6 is 15.9 Å². The highest BCUT2D eigenvalue weighted by atomic mass is 79.9. The van der Waals surface area contributed by atoms with Crippen molar-refractivity contribution in [3.8, 4) is 5.75 Å². The molecule has 0 heterocycles. The molecule has 2 aromatic carbocycles. The Morgan fingerprint density at radius 3 is 2.53 bits per heavy atom. The molecule has 0 atom stereocenters. The van der Waals surface area contributed by atoms with E-state index in [1.54, 1.807) is 0 Å². The second-order valence-corrected chi connectivity index (χ2v) is 5.16. The Morgan fingerprint density at radius 1 is 1.16 bits per heavy atom. The number of aldehydes is 1. The van der Waals surface area contributed by atoms with E-state index in [-0.39, 0.29) is 0 Å². The summed E-state index contributed by atoms with van der Waals surface area (Å²) in [5.41, 5.74) is 2.86. The highest BCUT2D eigenvalue weighted by Crippen LogP contribution is 2.19. The van der Waals surface area contributed by atoms with Crippen LogP contribution in [-0.2, 0) is 13.0 Å². The van der Waals surface area contributed by atoms with E-state index >= 15 is 0 Å². The van der Waals surface area contributed by atoms with Crippen LogP contribution in [0.2, 0.25) is 0 Å². The summed E-state index contributed by atoms with van der Waals surface area (Å²) < 4.78 is 6.80. The van der Waals surface area contributed by atoms with Crippen LogP contribution in [0.15, 0.2) is 46.9 Å². The molecule has 0 aliphatic heterocycles. The van der Waals surface area contributed by atoms with E-state index in [1.165, 1.54) is 0 Å². The SMILES string of the molecule is CCc1cc(OCc2ccc(Br)cc2)ccc1C=O. The lowest BCUT2D eigenvalue weighted by atomic mass is 10.1. The monoisotopic (exact) mass is 318 g/mol. The first-order chi connectivity index (χ1) is 9.22. The van der Waals surface area contributed by atoms with Crippen LogP contribution in [0.4, 0.5) is 0 Å². The number of halogens is 1. The van der Waals surface area contributed by atoms with Crippen LogP contribution in [0.5, 0.6) is 5.75 Å². The summed E-state index contributed by atoms with van der Waals surface area (Å²) in [6.45, 7) is 2.55. The van der Waals surface area contributed by atoms with Gasteiger partial charge in [0.05, 0.1) is 0 Å². The molecule has 3 heteroatoms. The van der Waals surface area contributed by atoms with Gasteiger partial charge in [-0.25, -0.2) is 0 Å². The quantitative estimate of drug-likeness (QED) is 0.764. The Hall–Kier alpha value is -1.61. The minimum atomic E-state index is 0.525. The fourth-order valence-electron chi connectivity index (χ4n) is 1.84. The number of rotatable bonds is 5. The third-order valence-electron chi connectivity index (χ3n) is 2.94. The van der Waals surface area contributed by atoms with Crippen LogP contribution in [0.3, 0.4) is 0 Å². The predicted octanol–water partition coefficient (Wildman–Crippen LogP) is 4.40. The van der Waals surface area contributed by atoms with E-state index in [2.05, 4.69) is 15.9 Å². The molecule has 0 aliphatic rings. The number of hydrogen-bond donors (Lipinski definition) is 0. The van der Waals surface area contributed by atoms with Gasteiger partial charge in [-0.15, -0.1) is 0 Å². The van der Waals surface area contributed by atoms with Crippen molar-refractivity contribution in [3.05, 3.63) is 63.6 Å². The second-order valence-electron chi connectivity index (χ2n) is 4.25. The normalized spacial score (nSPS) is 10.2. The molecule has 0 radical (unpaired) electrons. The number of ether oxygens (including phenoxy) is 1. The molecule has 98 valence electrons. The minimum absolute atomic E-state index is 0.525. The molecule has 0 aliphatic carbocycles. The van der Waals surface area contributed by atoms with Gasteiger partial charge in [-0.3, -0.25) is 4.79 Å². The van der Waals surface area contributed by atoms with Crippen molar-refractivity contribution in [2.45, 2.75) is 20.0 Å². The highest BCUT2D eigenvalue weighted by molar-refractivity contribution is 9.10. The van der Waals surface area contributed by atoms with Crippen LogP contribution in [-0.4, -0.2) is 6.29 Å². The average molecular weight is 319 g/mol. The highest BCUT2D eigenvalue weighted by Gasteiger charge is 2.03. The number of benzene rings is 2. The van der Waals surface area contributed by atoms with E-state index in [9.17, 15) is 4.79 Å². The number of carbonyl (C=O) groups is 1. The summed E-state index contributed by atoms with van der Waals surface area (Å²) >= 11 is 3.40. The van der Waals surface area contributed by atoms with Gasteiger partial charge in [0.1, 0.15) is 18.6 Å². The van der Waals surface area contributed by atoms with Gasteiger partial charge in [0.25, 0.3) is 0 Å². The Bertz CT molecular complexity index is 561. The number of hydrogen-bond acceptors (Lipinski definition) is 2. The molecule has 0 aromatic heterocycles. The van der Waals surface area contributed by atoms with Gasteiger partial charge in [-0.1, -0.05) is 35.0 Å². The predicted molar refractivity (Wildman–Crippen MR) is 79.7 cm³/mol. The van der Waals surface area contributed by atoms with E-state index in [0.29, 0.717) is 6.61 Å². The molecule has 19 heavy (non-hydrogen) atoms. The Balaban J connectivity index is 2.07. The zero-order valence-corrected chi connectivity index (χ0v) is 12.3. The second kappa shape index (κ2) is 6.53. The van der Waals surface area contributed by atoms with Crippen LogP contribution in [0.25, 0.3) is 0 Å². The average Bonchev–Trinajstić information content (AvgIpc) is 2.46. The van der Waals surface area contributed by atoms with Gasteiger partial charge in [0.15, 0.2) is 0 Å². The fraction of sp³-hybridized carbons (Fsp3) is 0.188. The summed E-state index contributed by atoms with van der Waals surface area (Å²) in [5.74, 6) is 0.797. The standard InChI is InChI=1S/C16H15BrO2/c1-2-13-9-16(8-5-14(13)10-18)19-11-12-3-6-15(17)7-4-12/h3-10H,2,11H2,1H3. The molecule has 2 aromatic rings. The Kier molecular flexibility index (Phi) is 4.74. The summed E-state index contributed by atoms with van der Waals surface area (Å²) in [5, 5.41) is 0. The molecule has 0 fully saturated rings. The molecule has 0 saturated heterocycles. The first kappa shape index (κ1) is 13.8. The summed E-state index contributed by atoms with van der Waals surface area (Å²) in [7, 11) is 0. The molecule has 0 spiro atoms. The molecule has 0 bridgehead atoms. The molecule has 2 nitrogen and oxygen atoms in total. The Labute approximate surface area is 121 Å². The lowest BCUT2D eigenvalue weighted by Gasteiger charge is -2.09. The minimum Gasteiger partial charge on any atom is -0.489 e. The maximum absolute atomic E-state index is 10.9. The van der Waals surface area contributed by atoms with E-state index in [4.69, 9.17) is 4.74 Å². The van der Waals surface area contributed by atoms with Gasteiger partial charge in [-0.2, -0.15) is 0 Å². The molecular weight excluding hydrogens is 304 g/mol. The summed E-state index contributed by atoms with van der Waals surface area (Å²) in [6.07, 6.45) is 1.71. The van der Waals surface area contributed by atoms with Gasteiger partial charge in [0.2, 0.25) is 0 Å². The van der Waals surface area contributed by atoms with Crippen molar-refractivity contribution in [2.24, 2.45) is 0 Å². The first-order valence-electron chi connectivity index (χ1n) is 6.18. The lowest BCUT2D eigenvalue weighted by Crippen LogP contribution is -1.97. The molecular formula is C16H15BrO2. The van der Waals surface area contributed by atoms with Gasteiger partial charge in [0, 0.05) is 10.0 Å². The molecule has 0 amide bonds. The lowest BCUT2D eigenvalue weighted by molar-refractivity contribution is 0.112. The summed E-state index contributed by atoms with van der Waals surface area (Å²) in [6, 6.07) is 13.6. The van der Waals surface area contributed by atoms with Gasteiger partial charge >= 0.3 is 0 Å². The van der Waals surface area contributed by atoms with Crippen LogP contribution < -0.4 is 4.74 Å². The fourth-order valence-corrected chi connectivity index (χ4v) is 2.10. The Morgan fingerprint density at radius 2 is 1.89 bits per heavy atom. The largest absolute Gasteiger partial charge is 0.489 e. The van der Waals surface area contributed by atoms with Gasteiger partial charge < -0.3 is 4.74 Å². The van der Waals surface area contributed by atoms with Crippen molar-refractivity contribution in [1.29, 1.82) is 0 Å². The van der Waals surface area contributed by atoms with Crippen LogP contribution in [0.1, 0.15) is 28.4 Å². The third kappa shape index (κ3) is 3.67. The number of aryl methyl sites for hydroxylation is 1. The molecule has 0 unspecified atom stereocenters. The van der Waals surface area contributed by atoms with E-state index in [0.717, 1.165) is 39.6 Å². The number of carbonyl (C=O) groups excluding carboxylic acids is 1. The smallest absolute Gasteiger partial charge is 0.150 e. The molecule has 0 saturated carbocycles. The van der Waals surface area contributed by atoms with Crippen molar-refractivity contribution < 1.29 is 9.53 Å². The van der Waals surface area contributed by atoms with Crippen LogP contribution in [0, 0.1) is 0 Å². The van der Waals surface area contributed by atoms with E-state index < -0.39 is 0 Å². The molecule has 2 rings (SSSR count). The third-order valence-corrected chi connectivity index (χ3v) is 3.47. The van der Waals surface area contributed by atoms with Crippen molar-refractivity contribution >= 4 is 22.2 Å².